The molecule has 19 heavy (non-hydrogen) atoms. The van der Waals surface area contributed by atoms with Gasteiger partial charge in [-0.15, -0.1) is 10.2 Å². The van der Waals surface area contributed by atoms with Crippen molar-refractivity contribution in [2.24, 2.45) is 0 Å². The summed E-state index contributed by atoms with van der Waals surface area (Å²) in [6.45, 7) is 2.35. The first-order valence-corrected chi connectivity index (χ1v) is 6.55. The van der Waals surface area contributed by atoms with Crippen molar-refractivity contribution in [3.05, 3.63) is 35.0 Å². The molecule has 3 aromatic heterocycles. The van der Waals surface area contributed by atoms with Crippen LogP contribution in [-0.4, -0.2) is 32.3 Å². The van der Waals surface area contributed by atoms with Crippen LogP contribution in [-0.2, 0) is 6.42 Å². The van der Waals surface area contributed by atoms with Crippen LogP contribution in [0.4, 0.5) is 0 Å². The second-order valence-corrected chi connectivity index (χ2v) is 4.96. The van der Waals surface area contributed by atoms with Crippen LogP contribution < -0.4 is 5.32 Å². The molecule has 3 heterocycles. The van der Waals surface area contributed by atoms with Gasteiger partial charge in [0, 0.05) is 13.0 Å². The van der Waals surface area contributed by atoms with Crippen molar-refractivity contribution >= 4 is 22.2 Å². The number of amides is 1. The number of nitrogens with zero attached hydrogens (tertiary/aromatic N) is 4. The molecule has 0 saturated heterocycles. The maximum atomic E-state index is 11.6. The van der Waals surface area contributed by atoms with Crippen LogP contribution in [0.25, 0.3) is 4.96 Å². The predicted octanol–water partition coefficient (Wildman–Crippen LogP) is 1.06. The van der Waals surface area contributed by atoms with E-state index in [2.05, 4.69) is 20.6 Å². The lowest BCUT2D eigenvalue weighted by Gasteiger charge is -2.00. The Bertz CT molecular complexity index is 700. The first kappa shape index (κ1) is 11.8. The van der Waals surface area contributed by atoms with E-state index in [9.17, 15) is 4.79 Å². The Morgan fingerprint density at radius 3 is 3.16 bits per heavy atom. The summed E-state index contributed by atoms with van der Waals surface area (Å²) in [7, 11) is 0. The molecule has 0 aliphatic heterocycles. The lowest BCUT2D eigenvalue weighted by Crippen LogP contribution is -2.25. The molecule has 0 unspecified atom stereocenters. The summed E-state index contributed by atoms with van der Waals surface area (Å²) in [5.74, 6) is 0.857. The van der Waals surface area contributed by atoms with E-state index in [-0.39, 0.29) is 5.91 Å². The lowest BCUT2D eigenvalue weighted by molar-refractivity contribution is 0.0926. The van der Waals surface area contributed by atoms with Crippen molar-refractivity contribution in [2.75, 3.05) is 6.54 Å². The van der Waals surface area contributed by atoms with Gasteiger partial charge < -0.3 is 9.73 Å². The minimum absolute atomic E-state index is 0.218. The second kappa shape index (κ2) is 4.81. The van der Waals surface area contributed by atoms with Gasteiger partial charge in [0.1, 0.15) is 5.01 Å². The highest BCUT2D eigenvalue weighted by atomic mass is 32.1. The van der Waals surface area contributed by atoms with Crippen molar-refractivity contribution in [1.82, 2.24) is 25.1 Å². The van der Waals surface area contributed by atoms with Gasteiger partial charge in [0.05, 0.1) is 6.26 Å². The molecule has 0 aliphatic carbocycles. The van der Waals surface area contributed by atoms with E-state index in [4.69, 9.17) is 4.42 Å². The molecule has 0 aliphatic rings. The van der Waals surface area contributed by atoms with E-state index < -0.39 is 0 Å². The molecular formula is C11H11N5O2S. The van der Waals surface area contributed by atoms with Crippen molar-refractivity contribution in [3.63, 3.8) is 0 Å². The average Bonchev–Trinajstić information content (AvgIpc) is 3.09. The molecule has 7 nitrogen and oxygen atoms in total. The summed E-state index contributed by atoms with van der Waals surface area (Å²) in [6.07, 6.45) is 2.13. The Morgan fingerprint density at radius 1 is 1.53 bits per heavy atom. The third-order valence-corrected chi connectivity index (χ3v) is 3.52. The third-order valence-electron chi connectivity index (χ3n) is 2.56. The molecule has 0 aromatic carbocycles. The second-order valence-electron chi connectivity index (χ2n) is 3.92. The SMILES string of the molecule is Cc1nnc2sc(CCNC(=O)c3ccco3)nn12. The summed E-state index contributed by atoms with van der Waals surface area (Å²) in [6, 6.07) is 3.31. The van der Waals surface area contributed by atoms with Crippen LogP contribution in [0.1, 0.15) is 21.4 Å². The maximum absolute atomic E-state index is 11.6. The first-order chi connectivity index (χ1) is 9.24. The van der Waals surface area contributed by atoms with Crippen LogP contribution in [0.5, 0.6) is 0 Å². The number of hydrogen-bond acceptors (Lipinski definition) is 6. The summed E-state index contributed by atoms with van der Waals surface area (Å²) in [5.41, 5.74) is 0. The van der Waals surface area contributed by atoms with Crippen LogP contribution in [0.3, 0.4) is 0 Å². The number of rotatable bonds is 4. The Hall–Kier alpha value is -2.22. The molecule has 3 rings (SSSR count). The highest BCUT2D eigenvalue weighted by Gasteiger charge is 2.10. The van der Waals surface area contributed by atoms with Gasteiger partial charge in [-0.2, -0.15) is 9.61 Å². The third kappa shape index (κ3) is 2.34. The van der Waals surface area contributed by atoms with Gasteiger partial charge in [-0.3, -0.25) is 4.79 Å². The molecule has 0 atom stereocenters. The maximum Gasteiger partial charge on any atom is 0.286 e. The number of furan rings is 1. The zero-order valence-electron chi connectivity index (χ0n) is 10.2. The molecule has 0 spiro atoms. The van der Waals surface area contributed by atoms with Gasteiger partial charge in [-0.1, -0.05) is 11.3 Å². The summed E-state index contributed by atoms with van der Waals surface area (Å²) < 4.78 is 6.70. The number of fused-ring (bicyclic) bond motifs is 1. The standard InChI is InChI=1S/C11H11N5O2S/c1-7-13-14-11-16(7)15-9(19-11)4-5-12-10(17)8-3-2-6-18-8/h2-3,6H,4-5H2,1H3,(H,12,17). The minimum atomic E-state index is -0.218. The summed E-state index contributed by atoms with van der Waals surface area (Å²) in [4.78, 5) is 12.4. The molecule has 0 fully saturated rings. The molecular weight excluding hydrogens is 266 g/mol. The van der Waals surface area contributed by atoms with Gasteiger partial charge in [-0.25, -0.2) is 0 Å². The molecule has 0 saturated carbocycles. The fourth-order valence-corrected chi connectivity index (χ4v) is 2.51. The zero-order chi connectivity index (χ0) is 13.2. The first-order valence-electron chi connectivity index (χ1n) is 5.73. The zero-order valence-corrected chi connectivity index (χ0v) is 11.0. The number of nitrogens with one attached hydrogen (secondary N) is 1. The van der Waals surface area contributed by atoms with Crippen LogP contribution in [0.15, 0.2) is 22.8 Å². The Morgan fingerprint density at radius 2 is 2.42 bits per heavy atom. The smallest absolute Gasteiger partial charge is 0.286 e. The predicted molar refractivity (Wildman–Crippen MR) is 68.1 cm³/mol. The van der Waals surface area contributed by atoms with Gasteiger partial charge in [0.2, 0.25) is 4.96 Å². The Labute approximate surface area is 112 Å². The average molecular weight is 277 g/mol. The normalized spacial score (nSPS) is 11.0. The molecule has 98 valence electrons. The topological polar surface area (TPSA) is 85.3 Å². The summed E-state index contributed by atoms with van der Waals surface area (Å²) >= 11 is 1.47. The molecule has 1 amide bonds. The lowest BCUT2D eigenvalue weighted by atomic mass is 10.4. The van der Waals surface area contributed by atoms with Crippen molar-refractivity contribution in [1.29, 1.82) is 0 Å². The number of hydrogen-bond donors (Lipinski definition) is 1. The van der Waals surface area contributed by atoms with Crippen molar-refractivity contribution in [2.45, 2.75) is 13.3 Å². The number of aromatic nitrogens is 4. The Balaban J connectivity index is 1.59. The van der Waals surface area contributed by atoms with Gasteiger partial charge in [0.15, 0.2) is 11.6 Å². The van der Waals surface area contributed by atoms with E-state index in [1.165, 1.54) is 17.6 Å². The highest BCUT2D eigenvalue weighted by Crippen LogP contribution is 2.13. The quantitative estimate of drug-likeness (QED) is 0.770. The molecule has 8 heteroatoms. The summed E-state index contributed by atoms with van der Waals surface area (Å²) in [5, 5.41) is 16.0. The fraction of sp³-hybridized carbons (Fsp3) is 0.273. The molecule has 1 N–H and O–H groups in total. The molecule has 0 radical (unpaired) electrons. The van der Waals surface area contributed by atoms with Gasteiger partial charge in [0.25, 0.3) is 5.91 Å². The van der Waals surface area contributed by atoms with E-state index in [1.807, 2.05) is 6.92 Å². The number of aryl methyl sites for hydroxylation is 1. The molecule has 0 bridgehead atoms. The van der Waals surface area contributed by atoms with Crippen molar-refractivity contribution < 1.29 is 9.21 Å². The number of carbonyl (C=O) groups excluding carboxylic acids is 1. The van der Waals surface area contributed by atoms with Crippen molar-refractivity contribution in [3.8, 4) is 0 Å². The van der Waals surface area contributed by atoms with Crippen LogP contribution >= 0.6 is 11.3 Å². The number of carbonyl (C=O) groups is 1. The monoisotopic (exact) mass is 277 g/mol. The van der Waals surface area contributed by atoms with E-state index in [0.717, 1.165) is 15.8 Å². The largest absolute Gasteiger partial charge is 0.459 e. The fourth-order valence-electron chi connectivity index (χ4n) is 1.63. The van der Waals surface area contributed by atoms with Crippen LogP contribution in [0, 0.1) is 6.92 Å². The minimum Gasteiger partial charge on any atom is -0.459 e. The van der Waals surface area contributed by atoms with Gasteiger partial charge in [-0.05, 0) is 19.1 Å². The Kier molecular flexibility index (Phi) is 3.00. The van der Waals surface area contributed by atoms with E-state index in [0.29, 0.717) is 18.7 Å². The highest BCUT2D eigenvalue weighted by molar-refractivity contribution is 7.16. The van der Waals surface area contributed by atoms with Crippen LogP contribution in [0.2, 0.25) is 0 Å². The van der Waals surface area contributed by atoms with Gasteiger partial charge >= 0.3 is 0 Å². The molecule has 3 aromatic rings. The van der Waals surface area contributed by atoms with E-state index >= 15 is 0 Å². The van der Waals surface area contributed by atoms with E-state index in [1.54, 1.807) is 16.6 Å².